The quantitative estimate of drug-likeness (QED) is 0.845. The van der Waals surface area contributed by atoms with E-state index in [0.29, 0.717) is 19.4 Å². The molecule has 1 N–H and O–H groups in total. The maximum absolute atomic E-state index is 12.8. The van der Waals surface area contributed by atoms with E-state index in [0.717, 1.165) is 18.2 Å². The average Bonchev–Trinajstić information content (AvgIpc) is 2.56. The van der Waals surface area contributed by atoms with Crippen LogP contribution in [0.5, 0.6) is 0 Å². The number of nitrogens with one attached hydrogen (secondary N) is 1. The summed E-state index contributed by atoms with van der Waals surface area (Å²) >= 11 is 5.86. The zero-order valence-electron chi connectivity index (χ0n) is 13.4. The van der Waals surface area contributed by atoms with Crippen LogP contribution in [-0.4, -0.2) is 37.5 Å². The minimum Gasteiger partial charge on any atom is -0.324 e. The van der Waals surface area contributed by atoms with Crippen LogP contribution in [0.3, 0.4) is 0 Å². The zero-order valence-corrected chi connectivity index (χ0v) is 15.0. The summed E-state index contributed by atoms with van der Waals surface area (Å²) in [6.07, 6.45) is -3.59. The number of carbonyl (C=O) groups is 1. The van der Waals surface area contributed by atoms with Gasteiger partial charge in [-0.15, -0.1) is 0 Å². The van der Waals surface area contributed by atoms with Crippen molar-refractivity contribution >= 4 is 33.2 Å². The normalized spacial score (nSPS) is 19.6. The number of hydrogen-bond donors (Lipinski definition) is 1. The summed E-state index contributed by atoms with van der Waals surface area (Å²) in [5.41, 5.74) is -1.07. The van der Waals surface area contributed by atoms with Crippen LogP contribution >= 0.6 is 11.6 Å². The third-order valence-electron chi connectivity index (χ3n) is 4.06. The van der Waals surface area contributed by atoms with Gasteiger partial charge in [0.1, 0.15) is 0 Å². The van der Waals surface area contributed by atoms with Crippen LogP contribution in [-0.2, 0) is 21.0 Å². The van der Waals surface area contributed by atoms with Gasteiger partial charge in [-0.05, 0) is 38.0 Å². The highest BCUT2D eigenvalue weighted by molar-refractivity contribution is 7.89. The predicted molar refractivity (Wildman–Crippen MR) is 88.8 cm³/mol. The lowest BCUT2D eigenvalue weighted by Crippen LogP contribution is -2.44. The maximum atomic E-state index is 12.8. The predicted octanol–water partition coefficient (Wildman–Crippen LogP) is 3.36. The van der Waals surface area contributed by atoms with Gasteiger partial charge in [-0.3, -0.25) is 4.79 Å². The number of nitrogens with zero attached hydrogens (tertiary/aromatic N) is 1. The van der Waals surface area contributed by atoms with Crippen LogP contribution < -0.4 is 5.32 Å². The molecule has 2 rings (SSSR count). The molecule has 10 heteroatoms. The van der Waals surface area contributed by atoms with Crippen molar-refractivity contribution in [1.82, 2.24) is 4.31 Å². The second-order valence-corrected chi connectivity index (χ2v) is 8.44. The smallest absolute Gasteiger partial charge is 0.324 e. The van der Waals surface area contributed by atoms with Crippen molar-refractivity contribution < 1.29 is 26.4 Å². The Morgan fingerprint density at radius 2 is 2.08 bits per heavy atom. The number of piperidine rings is 1. The number of halogens is 4. The van der Waals surface area contributed by atoms with Crippen LogP contribution in [0.25, 0.3) is 0 Å². The largest absolute Gasteiger partial charge is 0.416 e. The fourth-order valence-electron chi connectivity index (χ4n) is 2.62. The van der Waals surface area contributed by atoms with Gasteiger partial charge in [0.15, 0.2) is 0 Å². The Hall–Kier alpha value is -1.32. The third kappa shape index (κ3) is 4.86. The van der Waals surface area contributed by atoms with Gasteiger partial charge >= 0.3 is 6.18 Å². The highest BCUT2D eigenvalue weighted by atomic mass is 35.5. The summed E-state index contributed by atoms with van der Waals surface area (Å²) in [4.78, 5) is 12.4. The minimum atomic E-state index is -4.55. The lowest BCUT2D eigenvalue weighted by molar-refractivity contribution is -0.137. The summed E-state index contributed by atoms with van der Waals surface area (Å²) in [5, 5.41) is 2.37. The fraction of sp³-hybridized carbons (Fsp3) is 0.533. The topological polar surface area (TPSA) is 66.5 Å². The number of sulfonamides is 1. The molecule has 0 aromatic heterocycles. The first-order valence-electron chi connectivity index (χ1n) is 7.70. The van der Waals surface area contributed by atoms with Crippen molar-refractivity contribution in [2.24, 2.45) is 5.92 Å². The first-order chi connectivity index (χ1) is 11.5. The molecule has 0 unspecified atom stereocenters. The minimum absolute atomic E-state index is 0.0125. The second-order valence-electron chi connectivity index (χ2n) is 5.78. The summed E-state index contributed by atoms with van der Waals surface area (Å²) in [7, 11) is -3.42. The summed E-state index contributed by atoms with van der Waals surface area (Å²) in [6.45, 7) is 1.87. The van der Waals surface area contributed by atoms with Gasteiger partial charge in [0.25, 0.3) is 0 Å². The molecule has 5 nitrogen and oxygen atoms in total. The van der Waals surface area contributed by atoms with Crippen LogP contribution in [0.2, 0.25) is 5.02 Å². The van der Waals surface area contributed by atoms with Gasteiger partial charge in [0, 0.05) is 13.1 Å². The molecule has 0 radical (unpaired) electrons. The molecule has 1 aliphatic heterocycles. The Balaban J connectivity index is 2.14. The number of rotatable bonds is 4. The Morgan fingerprint density at radius 3 is 2.68 bits per heavy atom. The molecule has 25 heavy (non-hydrogen) atoms. The molecular weight excluding hydrogens is 381 g/mol. The molecule has 1 atom stereocenters. The van der Waals surface area contributed by atoms with E-state index in [9.17, 15) is 26.4 Å². The molecule has 140 valence electrons. The van der Waals surface area contributed by atoms with Crippen molar-refractivity contribution in [3.63, 3.8) is 0 Å². The zero-order chi connectivity index (χ0) is 18.8. The maximum Gasteiger partial charge on any atom is 0.416 e. The van der Waals surface area contributed by atoms with Gasteiger partial charge in [-0.25, -0.2) is 12.7 Å². The standard InChI is InChI=1S/C15H18ClF3N2O3S/c1-2-25(23,24)21-7-3-4-10(9-21)14(22)20-13-8-11(15(17,18)19)5-6-12(13)16/h5-6,8,10H,2-4,7,9H2,1H3,(H,20,22)/t10-/m0/s1. The molecule has 0 bridgehead atoms. The number of benzene rings is 1. The highest BCUT2D eigenvalue weighted by Gasteiger charge is 2.33. The molecule has 1 amide bonds. The molecular formula is C15H18ClF3N2O3S. The van der Waals surface area contributed by atoms with Crippen LogP contribution in [0.15, 0.2) is 18.2 Å². The van der Waals surface area contributed by atoms with Crippen LogP contribution in [0, 0.1) is 5.92 Å². The van der Waals surface area contributed by atoms with E-state index in [-0.39, 0.29) is 23.0 Å². The lowest BCUT2D eigenvalue weighted by atomic mass is 9.98. The van der Waals surface area contributed by atoms with E-state index < -0.39 is 33.6 Å². The molecule has 0 spiro atoms. The molecule has 0 saturated carbocycles. The first-order valence-corrected chi connectivity index (χ1v) is 9.68. The number of anilines is 1. The van der Waals surface area contributed by atoms with E-state index in [1.54, 1.807) is 0 Å². The highest BCUT2D eigenvalue weighted by Crippen LogP contribution is 2.34. The molecule has 1 aromatic carbocycles. The number of hydrogen-bond acceptors (Lipinski definition) is 3. The summed E-state index contributed by atoms with van der Waals surface area (Å²) < 4.78 is 63.5. The Bertz CT molecular complexity index is 753. The molecule has 0 aliphatic carbocycles. The van der Waals surface area contributed by atoms with Gasteiger partial charge in [-0.2, -0.15) is 13.2 Å². The molecule has 1 heterocycles. The third-order valence-corrected chi connectivity index (χ3v) is 6.24. The number of alkyl halides is 3. The Labute approximate surface area is 149 Å². The van der Waals surface area contributed by atoms with E-state index in [2.05, 4.69) is 5.32 Å². The van der Waals surface area contributed by atoms with E-state index in [4.69, 9.17) is 11.6 Å². The first kappa shape index (κ1) is 20.0. The SMILES string of the molecule is CCS(=O)(=O)N1CCC[C@H](C(=O)Nc2cc(C(F)(F)F)ccc2Cl)C1. The monoisotopic (exact) mass is 398 g/mol. The summed E-state index contributed by atoms with van der Waals surface area (Å²) in [5.74, 6) is -1.25. The van der Waals surface area contributed by atoms with Crippen molar-refractivity contribution in [2.75, 3.05) is 24.2 Å². The number of carbonyl (C=O) groups excluding carboxylic acids is 1. The van der Waals surface area contributed by atoms with Crippen molar-refractivity contribution in [3.8, 4) is 0 Å². The van der Waals surface area contributed by atoms with Crippen molar-refractivity contribution in [1.29, 1.82) is 0 Å². The fourth-order valence-corrected chi connectivity index (χ4v) is 3.97. The molecule has 1 aliphatic rings. The van der Waals surface area contributed by atoms with E-state index >= 15 is 0 Å². The van der Waals surface area contributed by atoms with Gasteiger partial charge < -0.3 is 5.32 Å². The molecule has 1 aromatic rings. The Kier molecular flexibility index (Phi) is 6.01. The average molecular weight is 399 g/mol. The lowest BCUT2D eigenvalue weighted by Gasteiger charge is -2.31. The van der Waals surface area contributed by atoms with Crippen molar-refractivity contribution in [2.45, 2.75) is 25.9 Å². The van der Waals surface area contributed by atoms with Gasteiger partial charge in [-0.1, -0.05) is 11.6 Å². The van der Waals surface area contributed by atoms with Crippen LogP contribution in [0.1, 0.15) is 25.3 Å². The van der Waals surface area contributed by atoms with Crippen LogP contribution in [0.4, 0.5) is 18.9 Å². The van der Waals surface area contributed by atoms with Gasteiger partial charge in [0.05, 0.1) is 27.9 Å². The van der Waals surface area contributed by atoms with E-state index in [1.165, 1.54) is 11.2 Å². The van der Waals surface area contributed by atoms with Crippen molar-refractivity contribution in [3.05, 3.63) is 28.8 Å². The molecule has 1 saturated heterocycles. The summed E-state index contributed by atoms with van der Waals surface area (Å²) in [6, 6.07) is 2.66. The van der Waals surface area contributed by atoms with Gasteiger partial charge in [0.2, 0.25) is 15.9 Å². The molecule has 1 fully saturated rings. The van der Waals surface area contributed by atoms with E-state index in [1.807, 2.05) is 0 Å². The Morgan fingerprint density at radius 1 is 1.40 bits per heavy atom. The second kappa shape index (κ2) is 7.51. The number of amides is 1.